The van der Waals surface area contributed by atoms with Crippen LogP contribution in [0.3, 0.4) is 0 Å². The predicted octanol–water partition coefficient (Wildman–Crippen LogP) is 2.07. The standard InChI is InChI=1S/C19H24FN3O2/c20-16-4-2-1-3-14(16)11-19(15-7-9-21-10-8-15)17(24)23(18(25)22-19)12-13-5-6-13/h1-4,13,15,21H,5-12H2,(H,22,25)/t19-/m1/s1. The third kappa shape index (κ3) is 3.03. The number of urea groups is 1. The molecule has 1 aromatic carbocycles. The SMILES string of the molecule is O=C1N[C@](Cc2ccccc2F)(C2CCNCC2)C(=O)N1CC1CC1. The van der Waals surface area contributed by atoms with Crippen LogP contribution in [0.4, 0.5) is 9.18 Å². The van der Waals surface area contributed by atoms with Gasteiger partial charge in [-0.05, 0) is 62.2 Å². The lowest BCUT2D eigenvalue weighted by Crippen LogP contribution is -2.57. The second-order valence-corrected chi connectivity index (χ2v) is 7.55. The van der Waals surface area contributed by atoms with Crippen molar-refractivity contribution in [1.29, 1.82) is 0 Å². The third-order valence-corrected chi connectivity index (χ3v) is 5.80. The van der Waals surface area contributed by atoms with Crippen molar-refractivity contribution in [2.24, 2.45) is 11.8 Å². The summed E-state index contributed by atoms with van der Waals surface area (Å²) < 4.78 is 14.3. The average Bonchev–Trinajstić information content (AvgIpc) is 3.41. The van der Waals surface area contributed by atoms with Gasteiger partial charge in [0.15, 0.2) is 0 Å². The minimum absolute atomic E-state index is 0.0222. The Morgan fingerprint density at radius 3 is 2.52 bits per heavy atom. The lowest BCUT2D eigenvalue weighted by molar-refractivity contribution is -0.133. The van der Waals surface area contributed by atoms with Gasteiger partial charge in [-0.15, -0.1) is 0 Å². The highest BCUT2D eigenvalue weighted by molar-refractivity contribution is 6.07. The molecular weight excluding hydrogens is 321 g/mol. The van der Waals surface area contributed by atoms with Crippen LogP contribution in [0, 0.1) is 17.7 Å². The minimum Gasteiger partial charge on any atom is -0.322 e. The first-order chi connectivity index (χ1) is 12.1. The summed E-state index contributed by atoms with van der Waals surface area (Å²) in [5, 5.41) is 6.29. The first kappa shape index (κ1) is 16.5. The molecule has 1 saturated carbocycles. The number of rotatable bonds is 5. The predicted molar refractivity (Wildman–Crippen MR) is 91.4 cm³/mol. The molecule has 0 unspecified atom stereocenters. The van der Waals surface area contributed by atoms with Gasteiger partial charge in [-0.1, -0.05) is 18.2 Å². The molecule has 2 N–H and O–H groups in total. The van der Waals surface area contributed by atoms with Gasteiger partial charge in [0, 0.05) is 13.0 Å². The number of amides is 3. The second-order valence-electron chi connectivity index (χ2n) is 7.55. The molecule has 4 rings (SSSR count). The average molecular weight is 345 g/mol. The van der Waals surface area contributed by atoms with E-state index in [0.717, 1.165) is 38.8 Å². The summed E-state index contributed by atoms with van der Waals surface area (Å²) in [6.07, 6.45) is 3.97. The summed E-state index contributed by atoms with van der Waals surface area (Å²) in [6, 6.07) is 6.23. The van der Waals surface area contributed by atoms with Gasteiger partial charge < -0.3 is 10.6 Å². The van der Waals surface area contributed by atoms with E-state index in [9.17, 15) is 14.0 Å². The summed E-state index contributed by atoms with van der Waals surface area (Å²) >= 11 is 0. The Kier molecular flexibility index (Phi) is 4.23. The van der Waals surface area contributed by atoms with Gasteiger partial charge in [0.25, 0.3) is 5.91 Å². The van der Waals surface area contributed by atoms with E-state index in [4.69, 9.17) is 0 Å². The summed E-state index contributed by atoms with van der Waals surface area (Å²) in [5.41, 5.74) is -0.529. The van der Waals surface area contributed by atoms with Crippen molar-refractivity contribution < 1.29 is 14.0 Å². The van der Waals surface area contributed by atoms with Crippen molar-refractivity contribution in [2.45, 2.75) is 37.6 Å². The van der Waals surface area contributed by atoms with Crippen molar-refractivity contribution in [1.82, 2.24) is 15.5 Å². The zero-order valence-corrected chi connectivity index (χ0v) is 14.3. The molecule has 0 bridgehead atoms. The van der Waals surface area contributed by atoms with Crippen molar-refractivity contribution in [3.05, 3.63) is 35.6 Å². The number of hydrogen-bond donors (Lipinski definition) is 2. The molecule has 0 spiro atoms. The zero-order valence-electron chi connectivity index (χ0n) is 14.3. The topological polar surface area (TPSA) is 61.4 Å². The van der Waals surface area contributed by atoms with Crippen LogP contribution in [0.1, 0.15) is 31.2 Å². The van der Waals surface area contributed by atoms with E-state index < -0.39 is 5.54 Å². The van der Waals surface area contributed by atoms with Gasteiger partial charge in [0.05, 0.1) is 0 Å². The molecule has 2 heterocycles. The van der Waals surface area contributed by atoms with Crippen LogP contribution in [-0.4, -0.2) is 42.0 Å². The van der Waals surface area contributed by atoms with Crippen LogP contribution in [-0.2, 0) is 11.2 Å². The maximum absolute atomic E-state index is 14.3. The molecule has 0 aromatic heterocycles. The molecule has 1 atom stereocenters. The fourth-order valence-corrected chi connectivity index (χ4v) is 4.17. The van der Waals surface area contributed by atoms with E-state index in [2.05, 4.69) is 10.6 Å². The molecule has 2 aliphatic heterocycles. The molecule has 5 nitrogen and oxygen atoms in total. The van der Waals surface area contributed by atoms with E-state index in [-0.39, 0.29) is 30.1 Å². The number of benzene rings is 1. The maximum Gasteiger partial charge on any atom is 0.325 e. The zero-order chi connectivity index (χ0) is 17.4. The van der Waals surface area contributed by atoms with E-state index in [1.54, 1.807) is 18.2 Å². The number of carbonyl (C=O) groups is 2. The van der Waals surface area contributed by atoms with Crippen molar-refractivity contribution in [3.8, 4) is 0 Å². The molecule has 6 heteroatoms. The lowest BCUT2D eigenvalue weighted by atomic mass is 9.74. The second kappa shape index (κ2) is 6.41. The van der Waals surface area contributed by atoms with Crippen LogP contribution >= 0.6 is 0 Å². The highest BCUT2D eigenvalue weighted by atomic mass is 19.1. The van der Waals surface area contributed by atoms with Crippen LogP contribution in [0.15, 0.2) is 24.3 Å². The normalized spacial score (nSPS) is 27.6. The van der Waals surface area contributed by atoms with E-state index >= 15 is 0 Å². The number of imide groups is 1. The number of halogens is 1. The Morgan fingerprint density at radius 2 is 1.84 bits per heavy atom. The van der Waals surface area contributed by atoms with Crippen molar-refractivity contribution >= 4 is 11.9 Å². The Bertz CT molecular complexity index is 685. The summed E-state index contributed by atoms with van der Waals surface area (Å²) in [5.74, 6) is -0.0287. The maximum atomic E-state index is 14.3. The quantitative estimate of drug-likeness (QED) is 0.803. The first-order valence-electron chi connectivity index (χ1n) is 9.18. The molecule has 1 aromatic rings. The van der Waals surface area contributed by atoms with Gasteiger partial charge in [0.1, 0.15) is 11.4 Å². The van der Waals surface area contributed by atoms with Crippen molar-refractivity contribution in [2.75, 3.05) is 19.6 Å². The van der Waals surface area contributed by atoms with Crippen LogP contribution < -0.4 is 10.6 Å². The van der Waals surface area contributed by atoms with E-state index in [1.807, 2.05) is 0 Å². The van der Waals surface area contributed by atoms with Crippen LogP contribution in [0.25, 0.3) is 0 Å². The molecule has 1 aliphatic carbocycles. The molecule has 2 saturated heterocycles. The highest BCUT2D eigenvalue weighted by Crippen LogP contribution is 2.38. The molecule has 3 fully saturated rings. The van der Waals surface area contributed by atoms with Crippen LogP contribution in [0.5, 0.6) is 0 Å². The molecule has 25 heavy (non-hydrogen) atoms. The first-order valence-corrected chi connectivity index (χ1v) is 9.18. The molecule has 3 aliphatic rings. The molecule has 3 amide bonds. The summed E-state index contributed by atoms with van der Waals surface area (Å²) in [4.78, 5) is 27.3. The van der Waals surface area contributed by atoms with E-state index in [0.29, 0.717) is 18.0 Å². The van der Waals surface area contributed by atoms with Gasteiger partial charge in [-0.3, -0.25) is 9.69 Å². The number of piperidine rings is 1. The highest BCUT2D eigenvalue weighted by Gasteiger charge is 2.56. The van der Waals surface area contributed by atoms with Crippen molar-refractivity contribution in [3.63, 3.8) is 0 Å². The third-order valence-electron chi connectivity index (χ3n) is 5.80. The van der Waals surface area contributed by atoms with Crippen LogP contribution in [0.2, 0.25) is 0 Å². The monoisotopic (exact) mass is 345 g/mol. The largest absolute Gasteiger partial charge is 0.325 e. The molecular formula is C19H24FN3O2. The molecule has 0 radical (unpaired) electrons. The Morgan fingerprint density at radius 1 is 1.12 bits per heavy atom. The number of nitrogens with one attached hydrogen (secondary N) is 2. The summed E-state index contributed by atoms with van der Waals surface area (Å²) in [6.45, 7) is 2.12. The van der Waals surface area contributed by atoms with Gasteiger partial charge >= 0.3 is 6.03 Å². The van der Waals surface area contributed by atoms with Gasteiger partial charge in [0.2, 0.25) is 0 Å². The minimum atomic E-state index is -1.02. The number of carbonyl (C=O) groups excluding carboxylic acids is 2. The smallest absolute Gasteiger partial charge is 0.322 e. The van der Waals surface area contributed by atoms with E-state index in [1.165, 1.54) is 11.0 Å². The Labute approximate surface area is 147 Å². The van der Waals surface area contributed by atoms with Gasteiger partial charge in [-0.2, -0.15) is 0 Å². The molecule has 134 valence electrons. The lowest BCUT2D eigenvalue weighted by Gasteiger charge is -2.38. The Hall–Kier alpha value is -1.95. The van der Waals surface area contributed by atoms with Gasteiger partial charge in [-0.25, -0.2) is 9.18 Å². The fraction of sp³-hybridized carbons (Fsp3) is 0.579. The number of hydrogen-bond acceptors (Lipinski definition) is 3. The fourth-order valence-electron chi connectivity index (χ4n) is 4.17. The summed E-state index contributed by atoms with van der Waals surface area (Å²) in [7, 11) is 0. The Balaban J connectivity index is 1.67. The number of nitrogens with zero attached hydrogens (tertiary/aromatic N) is 1.